The summed E-state index contributed by atoms with van der Waals surface area (Å²) in [6.07, 6.45) is 5.31. The summed E-state index contributed by atoms with van der Waals surface area (Å²) in [5.41, 5.74) is 4.99. The number of ether oxygens (including phenoxy) is 1. The number of methoxy groups -OCH3 is 1. The summed E-state index contributed by atoms with van der Waals surface area (Å²) in [5, 5.41) is 3.30. The molecule has 0 aliphatic carbocycles. The van der Waals surface area contributed by atoms with E-state index in [0.29, 0.717) is 5.92 Å². The number of nitrogens with two attached hydrogens (primary N) is 1. The molecular weight excluding hydrogens is 266 g/mol. The summed E-state index contributed by atoms with van der Waals surface area (Å²) in [7, 11) is 1.77. The van der Waals surface area contributed by atoms with Crippen molar-refractivity contribution < 1.29 is 9.53 Å². The maximum Gasteiger partial charge on any atom is 0.237 e. The van der Waals surface area contributed by atoms with E-state index in [-0.39, 0.29) is 5.91 Å². The molecule has 1 heterocycles. The number of nitrogens with zero attached hydrogens (tertiary/aromatic N) is 1. The number of carbonyl (C=O) groups is 1. The van der Waals surface area contributed by atoms with Crippen molar-refractivity contribution in [2.75, 3.05) is 39.9 Å². The Balaban J connectivity index is 2.34. The van der Waals surface area contributed by atoms with Crippen molar-refractivity contribution in [3.05, 3.63) is 0 Å². The second kappa shape index (κ2) is 9.38. The Morgan fingerprint density at radius 3 is 2.90 bits per heavy atom. The third-order valence-electron chi connectivity index (χ3n) is 4.47. The lowest BCUT2D eigenvalue weighted by Crippen LogP contribution is -2.53. The number of amides is 1. The van der Waals surface area contributed by atoms with Gasteiger partial charge in [-0.05, 0) is 64.6 Å². The maximum absolute atomic E-state index is 11.7. The number of carbonyl (C=O) groups excluding carboxylic acids is 1. The first-order chi connectivity index (χ1) is 10.0. The Hall–Kier alpha value is -0.650. The van der Waals surface area contributed by atoms with Gasteiger partial charge in [-0.1, -0.05) is 6.92 Å². The minimum atomic E-state index is -0.572. The van der Waals surface area contributed by atoms with Gasteiger partial charge in [-0.25, -0.2) is 0 Å². The molecule has 0 spiro atoms. The SMILES string of the molecule is CCCNC(C)(CCCN1CCCC(COC)C1)C(N)=O. The number of hydrogen-bond donors (Lipinski definition) is 2. The zero-order chi connectivity index (χ0) is 15.7. The van der Waals surface area contributed by atoms with Crippen molar-refractivity contribution >= 4 is 5.91 Å². The van der Waals surface area contributed by atoms with Gasteiger partial charge in [-0.2, -0.15) is 0 Å². The molecular formula is C16H33N3O2. The van der Waals surface area contributed by atoms with Gasteiger partial charge in [0, 0.05) is 13.7 Å². The molecule has 0 bridgehead atoms. The first-order valence-corrected chi connectivity index (χ1v) is 8.28. The normalized spacial score (nSPS) is 22.9. The van der Waals surface area contributed by atoms with Crippen LogP contribution in [0.15, 0.2) is 0 Å². The highest BCUT2D eigenvalue weighted by Gasteiger charge is 2.30. The predicted molar refractivity (Wildman–Crippen MR) is 86.2 cm³/mol. The largest absolute Gasteiger partial charge is 0.384 e. The Morgan fingerprint density at radius 2 is 2.29 bits per heavy atom. The molecule has 1 fully saturated rings. The van der Waals surface area contributed by atoms with E-state index in [4.69, 9.17) is 10.5 Å². The molecule has 0 radical (unpaired) electrons. The molecule has 1 aliphatic rings. The van der Waals surface area contributed by atoms with Gasteiger partial charge in [-0.3, -0.25) is 4.79 Å². The van der Waals surface area contributed by atoms with Crippen LogP contribution in [-0.4, -0.2) is 56.2 Å². The standard InChI is InChI=1S/C16H33N3O2/c1-4-9-18-16(2,15(17)20)8-6-11-19-10-5-7-14(12-19)13-21-3/h14,18H,4-13H2,1-3H3,(H2,17,20). The molecule has 1 amide bonds. The molecule has 124 valence electrons. The predicted octanol–water partition coefficient (Wildman–Crippen LogP) is 1.37. The zero-order valence-electron chi connectivity index (χ0n) is 14.0. The van der Waals surface area contributed by atoms with E-state index in [9.17, 15) is 4.79 Å². The highest BCUT2D eigenvalue weighted by Crippen LogP contribution is 2.18. The molecule has 2 atom stereocenters. The molecule has 5 heteroatoms. The molecule has 1 saturated heterocycles. The smallest absolute Gasteiger partial charge is 0.237 e. The highest BCUT2D eigenvalue weighted by molar-refractivity contribution is 5.84. The van der Waals surface area contributed by atoms with Gasteiger partial charge < -0.3 is 20.7 Å². The van der Waals surface area contributed by atoms with Crippen molar-refractivity contribution in [2.24, 2.45) is 11.7 Å². The highest BCUT2D eigenvalue weighted by atomic mass is 16.5. The van der Waals surface area contributed by atoms with Gasteiger partial charge >= 0.3 is 0 Å². The lowest BCUT2D eigenvalue weighted by atomic mass is 9.93. The van der Waals surface area contributed by atoms with Crippen LogP contribution in [0, 0.1) is 5.92 Å². The van der Waals surface area contributed by atoms with E-state index < -0.39 is 5.54 Å². The lowest BCUT2D eigenvalue weighted by molar-refractivity contribution is -0.124. The van der Waals surface area contributed by atoms with Crippen LogP contribution in [-0.2, 0) is 9.53 Å². The van der Waals surface area contributed by atoms with Crippen LogP contribution in [0.2, 0.25) is 0 Å². The van der Waals surface area contributed by atoms with Gasteiger partial charge in [0.25, 0.3) is 0 Å². The molecule has 0 aromatic rings. The zero-order valence-corrected chi connectivity index (χ0v) is 14.0. The van der Waals surface area contributed by atoms with Crippen LogP contribution >= 0.6 is 0 Å². The Bertz CT molecular complexity index is 310. The van der Waals surface area contributed by atoms with Crippen molar-refractivity contribution in [3.63, 3.8) is 0 Å². The van der Waals surface area contributed by atoms with Crippen LogP contribution < -0.4 is 11.1 Å². The summed E-state index contributed by atoms with van der Waals surface area (Å²) in [5.74, 6) is 0.413. The topological polar surface area (TPSA) is 67.6 Å². The van der Waals surface area contributed by atoms with E-state index in [2.05, 4.69) is 17.1 Å². The molecule has 3 N–H and O–H groups in total. The van der Waals surface area contributed by atoms with Crippen LogP contribution in [0.1, 0.15) is 46.0 Å². The molecule has 2 unspecified atom stereocenters. The van der Waals surface area contributed by atoms with Crippen molar-refractivity contribution in [1.29, 1.82) is 0 Å². The number of likely N-dealkylation sites (tertiary alicyclic amines) is 1. The fraction of sp³-hybridized carbons (Fsp3) is 0.938. The third kappa shape index (κ3) is 6.32. The first-order valence-electron chi connectivity index (χ1n) is 8.28. The van der Waals surface area contributed by atoms with Crippen molar-refractivity contribution in [2.45, 2.75) is 51.5 Å². The summed E-state index contributed by atoms with van der Waals surface area (Å²) < 4.78 is 5.27. The summed E-state index contributed by atoms with van der Waals surface area (Å²) >= 11 is 0. The minimum Gasteiger partial charge on any atom is -0.384 e. The number of rotatable bonds is 10. The second-order valence-corrected chi connectivity index (χ2v) is 6.49. The third-order valence-corrected chi connectivity index (χ3v) is 4.47. The maximum atomic E-state index is 11.7. The lowest BCUT2D eigenvalue weighted by Gasteiger charge is -2.33. The van der Waals surface area contributed by atoms with Gasteiger partial charge in [0.15, 0.2) is 0 Å². The van der Waals surface area contributed by atoms with E-state index in [1.807, 2.05) is 6.92 Å². The first kappa shape index (κ1) is 18.4. The van der Waals surface area contributed by atoms with Gasteiger partial charge in [0.1, 0.15) is 0 Å². The summed E-state index contributed by atoms with van der Waals surface area (Å²) in [6, 6.07) is 0. The van der Waals surface area contributed by atoms with Crippen LogP contribution in [0.3, 0.4) is 0 Å². The molecule has 5 nitrogen and oxygen atoms in total. The number of primary amides is 1. The molecule has 1 aliphatic heterocycles. The molecule has 21 heavy (non-hydrogen) atoms. The van der Waals surface area contributed by atoms with Gasteiger partial charge in [-0.15, -0.1) is 0 Å². The fourth-order valence-corrected chi connectivity index (χ4v) is 3.08. The fourth-order valence-electron chi connectivity index (χ4n) is 3.08. The Morgan fingerprint density at radius 1 is 1.52 bits per heavy atom. The van der Waals surface area contributed by atoms with E-state index in [1.165, 1.54) is 12.8 Å². The second-order valence-electron chi connectivity index (χ2n) is 6.49. The average Bonchev–Trinajstić information content (AvgIpc) is 2.46. The van der Waals surface area contributed by atoms with E-state index >= 15 is 0 Å². The molecule has 0 aromatic carbocycles. The molecule has 0 saturated carbocycles. The minimum absolute atomic E-state index is 0.244. The average molecular weight is 299 g/mol. The molecule has 1 rings (SSSR count). The molecule has 0 aromatic heterocycles. The van der Waals surface area contributed by atoms with Crippen LogP contribution in [0.5, 0.6) is 0 Å². The number of hydrogen-bond acceptors (Lipinski definition) is 4. The Kier molecular flexibility index (Phi) is 8.22. The van der Waals surface area contributed by atoms with E-state index in [0.717, 1.165) is 52.0 Å². The van der Waals surface area contributed by atoms with Crippen LogP contribution in [0.4, 0.5) is 0 Å². The van der Waals surface area contributed by atoms with E-state index in [1.54, 1.807) is 7.11 Å². The van der Waals surface area contributed by atoms with Gasteiger partial charge in [0.2, 0.25) is 5.91 Å². The number of piperidine rings is 1. The number of nitrogens with one attached hydrogen (secondary N) is 1. The van der Waals surface area contributed by atoms with Crippen molar-refractivity contribution in [1.82, 2.24) is 10.2 Å². The summed E-state index contributed by atoms with van der Waals surface area (Å²) in [6.45, 7) is 9.02. The Labute approximate surface area is 129 Å². The quantitative estimate of drug-likeness (QED) is 0.639. The van der Waals surface area contributed by atoms with Gasteiger partial charge in [0.05, 0.1) is 12.1 Å². The summed E-state index contributed by atoms with van der Waals surface area (Å²) in [4.78, 5) is 14.2. The monoisotopic (exact) mass is 299 g/mol. The van der Waals surface area contributed by atoms with Crippen LogP contribution in [0.25, 0.3) is 0 Å². The van der Waals surface area contributed by atoms with Crippen molar-refractivity contribution in [3.8, 4) is 0 Å².